The van der Waals surface area contributed by atoms with Gasteiger partial charge in [-0.2, -0.15) is 0 Å². The lowest BCUT2D eigenvalue weighted by molar-refractivity contribution is 0.0929. The molecule has 3 rings (SSSR count). The molecule has 0 saturated heterocycles. The zero-order valence-electron chi connectivity index (χ0n) is 6.01. The highest BCUT2D eigenvalue weighted by atomic mass is 14.6. The maximum Gasteiger partial charge on any atom is -0.0349 e. The molecule has 0 nitrogen and oxygen atoms in total. The van der Waals surface area contributed by atoms with Gasteiger partial charge in [-0.25, -0.2) is 0 Å². The molecule has 3 fully saturated rings. The molecule has 5 unspecified atom stereocenters. The van der Waals surface area contributed by atoms with Gasteiger partial charge in [0.15, 0.2) is 0 Å². The second-order valence-corrected chi connectivity index (χ2v) is 4.44. The molecule has 0 amide bonds. The van der Waals surface area contributed by atoms with Crippen LogP contribution in [0.25, 0.3) is 0 Å². The molecule has 0 aliphatic heterocycles. The first-order valence-electron chi connectivity index (χ1n) is 4.36. The van der Waals surface area contributed by atoms with Crippen molar-refractivity contribution in [3.63, 3.8) is 0 Å². The van der Waals surface area contributed by atoms with E-state index >= 15 is 0 Å². The normalized spacial score (nSPS) is 68.3. The van der Waals surface area contributed by atoms with Crippen molar-refractivity contribution in [2.24, 2.45) is 29.6 Å². The van der Waals surface area contributed by atoms with Gasteiger partial charge in [-0.3, -0.25) is 0 Å². The fourth-order valence-electron chi connectivity index (χ4n) is 3.32. The van der Waals surface area contributed by atoms with Crippen LogP contribution in [0.5, 0.6) is 0 Å². The highest BCUT2D eigenvalue weighted by Gasteiger charge is 2.59. The smallest absolute Gasteiger partial charge is 0.0349 e. The molecule has 9 heavy (non-hydrogen) atoms. The van der Waals surface area contributed by atoms with Crippen LogP contribution in [0.4, 0.5) is 0 Å². The Bertz CT molecular complexity index is 150. The Balaban J connectivity index is 1.85. The van der Waals surface area contributed by atoms with E-state index in [2.05, 4.69) is 6.92 Å². The first kappa shape index (κ1) is 4.76. The Morgan fingerprint density at radius 2 is 1.67 bits per heavy atom. The third-order valence-corrected chi connectivity index (χ3v) is 4.03. The topological polar surface area (TPSA) is 0 Å². The summed E-state index contributed by atoms with van der Waals surface area (Å²) in [7, 11) is 0. The van der Waals surface area contributed by atoms with Gasteiger partial charge in [-0.1, -0.05) is 6.92 Å². The van der Waals surface area contributed by atoms with Gasteiger partial charge in [0.25, 0.3) is 0 Å². The fraction of sp³-hybridized carbons (Fsp3) is 1.00. The fourth-order valence-corrected chi connectivity index (χ4v) is 3.32. The van der Waals surface area contributed by atoms with Crippen LogP contribution in [0, 0.1) is 29.6 Å². The van der Waals surface area contributed by atoms with Crippen molar-refractivity contribution in [2.45, 2.75) is 26.2 Å². The lowest BCUT2D eigenvalue weighted by Gasteiger charge is -2.40. The molecule has 0 aromatic heterocycles. The highest BCUT2D eigenvalue weighted by Crippen LogP contribution is 2.66. The quantitative estimate of drug-likeness (QED) is 0.462. The number of hydrogen-bond acceptors (Lipinski definition) is 0. The van der Waals surface area contributed by atoms with E-state index in [1.807, 2.05) is 0 Å². The average molecular weight is 122 g/mol. The molecule has 0 bridgehead atoms. The first-order chi connectivity index (χ1) is 4.36. The van der Waals surface area contributed by atoms with Gasteiger partial charge in [-0.05, 0) is 48.9 Å². The summed E-state index contributed by atoms with van der Waals surface area (Å²) in [5, 5.41) is 0. The van der Waals surface area contributed by atoms with Crippen LogP contribution < -0.4 is 0 Å². The van der Waals surface area contributed by atoms with E-state index in [9.17, 15) is 0 Å². The van der Waals surface area contributed by atoms with Gasteiger partial charge in [-0.15, -0.1) is 0 Å². The first-order valence-corrected chi connectivity index (χ1v) is 4.36. The molecule has 3 saturated carbocycles. The summed E-state index contributed by atoms with van der Waals surface area (Å²) in [6.07, 6.45) is 4.79. The highest BCUT2D eigenvalue weighted by molar-refractivity contribution is 5.08. The minimum atomic E-state index is 1.10. The maximum absolute atomic E-state index is 2.44. The molecule has 3 aliphatic rings. The van der Waals surface area contributed by atoms with E-state index in [0.717, 1.165) is 5.92 Å². The van der Waals surface area contributed by atoms with Crippen molar-refractivity contribution >= 4 is 0 Å². The number of hydrogen-bond donors (Lipinski definition) is 0. The van der Waals surface area contributed by atoms with Crippen LogP contribution in [-0.4, -0.2) is 0 Å². The van der Waals surface area contributed by atoms with E-state index < -0.39 is 0 Å². The lowest BCUT2D eigenvalue weighted by atomic mass is 9.65. The lowest BCUT2D eigenvalue weighted by Crippen LogP contribution is -2.32. The van der Waals surface area contributed by atoms with Gasteiger partial charge < -0.3 is 0 Å². The molecule has 3 aliphatic carbocycles. The van der Waals surface area contributed by atoms with E-state index in [0.29, 0.717) is 0 Å². The molecule has 0 heterocycles. The summed E-state index contributed by atoms with van der Waals surface area (Å²) in [6, 6.07) is 0. The van der Waals surface area contributed by atoms with E-state index in [1.165, 1.54) is 23.7 Å². The molecule has 0 aromatic carbocycles. The molecule has 0 spiro atoms. The zero-order valence-corrected chi connectivity index (χ0v) is 6.01. The Hall–Kier alpha value is 0. The summed E-state index contributed by atoms with van der Waals surface area (Å²) in [6.45, 7) is 2.44. The van der Waals surface area contributed by atoms with E-state index in [4.69, 9.17) is 0 Å². The van der Waals surface area contributed by atoms with Crippen LogP contribution in [0.2, 0.25) is 0 Å². The largest absolute Gasteiger partial charge is 0.0622 e. The molecule has 0 radical (unpaired) electrons. The van der Waals surface area contributed by atoms with Crippen LogP contribution in [0.1, 0.15) is 26.2 Å². The molecular formula is C9H14. The van der Waals surface area contributed by atoms with Crippen LogP contribution >= 0.6 is 0 Å². The molecule has 5 atom stereocenters. The molecule has 0 heteroatoms. The van der Waals surface area contributed by atoms with Gasteiger partial charge in [0.05, 0.1) is 0 Å². The van der Waals surface area contributed by atoms with Gasteiger partial charge >= 0.3 is 0 Å². The van der Waals surface area contributed by atoms with Crippen molar-refractivity contribution in [1.29, 1.82) is 0 Å². The van der Waals surface area contributed by atoms with Crippen LogP contribution in [-0.2, 0) is 0 Å². The predicted molar refractivity (Wildman–Crippen MR) is 37.0 cm³/mol. The Morgan fingerprint density at radius 3 is 2.22 bits per heavy atom. The molecule has 0 N–H and O–H groups in total. The van der Waals surface area contributed by atoms with Gasteiger partial charge in [0.2, 0.25) is 0 Å². The third kappa shape index (κ3) is 0.426. The second-order valence-electron chi connectivity index (χ2n) is 4.44. The van der Waals surface area contributed by atoms with Gasteiger partial charge in [0.1, 0.15) is 0 Å². The number of fused-ring (bicyclic) bond motifs is 3. The predicted octanol–water partition coefficient (Wildman–Crippen LogP) is 2.30. The second kappa shape index (κ2) is 1.21. The monoisotopic (exact) mass is 122 g/mol. The summed E-state index contributed by atoms with van der Waals surface area (Å²) in [4.78, 5) is 0. The maximum atomic E-state index is 2.44. The summed E-state index contributed by atoms with van der Waals surface area (Å²) in [5.74, 6) is 5.94. The van der Waals surface area contributed by atoms with Crippen molar-refractivity contribution in [1.82, 2.24) is 0 Å². The summed E-state index contributed by atoms with van der Waals surface area (Å²) in [5.41, 5.74) is 0. The minimum absolute atomic E-state index is 1.10. The third-order valence-electron chi connectivity index (χ3n) is 4.03. The molecule has 50 valence electrons. The Kier molecular flexibility index (Phi) is 0.640. The van der Waals surface area contributed by atoms with Gasteiger partial charge in [0, 0.05) is 0 Å². The Morgan fingerprint density at radius 1 is 0.889 bits per heavy atom. The van der Waals surface area contributed by atoms with E-state index in [1.54, 1.807) is 19.3 Å². The van der Waals surface area contributed by atoms with Crippen molar-refractivity contribution < 1.29 is 0 Å². The molecule has 0 aromatic rings. The van der Waals surface area contributed by atoms with Crippen LogP contribution in [0.15, 0.2) is 0 Å². The number of rotatable bonds is 0. The SMILES string of the molecule is CC1CC2C1CC1CC12. The molecular weight excluding hydrogens is 108 g/mol. The minimum Gasteiger partial charge on any atom is -0.0622 e. The average Bonchev–Trinajstić information content (AvgIpc) is 2.52. The summed E-state index contributed by atoms with van der Waals surface area (Å²) < 4.78 is 0. The Labute approximate surface area is 56.6 Å². The summed E-state index contributed by atoms with van der Waals surface area (Å²) >= 11 is 0. The standard InChI is InChI=1S/C9H14/c1-5-2-9-7(5)3-6-4-8(6)9/h5-9H,2-4H2,1H3. The zero-order chi connectivity index (χ0) is 6.01. The van der Waals surface area contributed by atoms with E-state index in [-0.39, 0.29) is 0 Å². The van der Waals surface area contributed by atoms with Crippen LogP contribution in [0.3, 0.4) is 0 Å². The van der Waals surface area contributed by atoms with Crippen molar-refractivity contribution in [3.8, 4) is 0 Å². The van der Waals surface area contributed by atoms with Crippen molar-refractivity contribution in [2.75, 3.05) is 0 Å². The van der Waals surface area contributed by atoms with Crippen molar-refractivity contribution in [3.05, 3.63) is 0 Å².